The lowest BCUT2D eigenvalue weighted by atomic mass is 10.0. The molecule has 15 heteroatoms. The second kappa shape index (κ2) is 9.66. The normalized spacial score (nSPS) is 17.2. The van der Waals surface area contributed by atoms with Crippen molar-refractivity contribution in [3.05, 3.63) is 75.0 Å². The number of anilines is 2. The van der Waals surface area contributed by atoms with Crippen LogP contribution in [0.2, 0.25) is 0 Å². The van der Waals surface area contributed by atoms with E-state index in [1.54, 1.807) is 19.9 Å². The van der Waals surface area contributed by atoms with Crippen LogP contribution in [-0.4, -0.2) is 60.1 Å². The van der Waals surface area contributed by atoms with E-state index in [0.717, 1.165) is 16.4 Å². The average Bonchev–Trinajstić information content (AvgIpc) is 3.41. The van der Waals surface area contributed by atoms with Gasteiger partial charge in [-0.2, -0.15) is 9.40 Å². The number of carbonyl (C=O) groups is 1. The fourth-order valence-electron chi connectivity index (χ4n) is 4.84. The molecule has 0 aliphatic carbocycles. The van der Waals surface area contributed by atoms with E-state index in [0.29, 0.717) is 49.3 Å². The number of sulfonamides is 1. The molecule has 2 aromatic carbocycles. The Balaban J connectivity index is 1.43. The molecule has 206 valence electrons. The Labute approximate surface area is 221 Å². The van der Waals surface area contributed by atoms with Gasteiger partial charge >= 0.3 is 0 Å². The van der Waals surface area contributed by atoms with Crippen LogP contribution in [0.3, 0.4) is 0 Å². The summed E-state index contributed by atoms with van der Waals surface area (Å²) in [6, 6.07) is 6.30. The summed E-state index contributed by atoms with van der Waals surface area (Å²) in [4.78, 5) is 25.7. The first-order chi connectivity index (χ1) is 18.4. The number of morpholine rings is 1. The van der Waals surface area contributed by atoms with Crippen molar-refractivity contribution in [1.82, 2.24) is 14.5 Å². The number of nitro benzene ring substituents is 1. The Bertz CT molecular complexity index is 1570. The Morgan fingerprint density at radius 3 is 2.46 bits per heavy atom. The summed E-state index contributed by atoms with van der Waals surface area (Å²) in [5.74, 6) is -2.91. The molecule has 1 saturated heterocycles. The van der Waals surface area contributed by atoms with Crippen LogP contribution < -0.4 is 10.2 Å². The number of halogens is 2. The van der Waals surface area contributed by atoms with Crippen molar-refractivity contribution in [3.63, 3.8) is 0 Å². The molecule has 2 aliphatic heterocycles. The van der Waals surface area contributed by atoms with Crippen LogP contribution in [0.25, 0.3) is 0 Å². The van der Waals surface area contributed by atoms with Gasteiger partial charge in [-0.05, 0) is 38.1 Å². The number of fused-ring (bicyclic) bond motifs is 1. The van der Waals surface area contributed by atoms with Crippen LogP contribution in [0.1, 0.15) is 35.5 Å². The quantitative estimate of drug-likeness (QED) is 0.344. The van der Waals surface area contributed by atoms with E-state index in [1.807, 2.05) is 4.90 Å². The van der Waals surface area contributed by atoms with Gasteiger partial charge in [0.15, 0.2) is 5.82 Å². The lowest BCUT2D eigenvalue weighted by Crippen LogP contribution is -2.40. The second-order valence-electron chi connectivity index (χ2n) is 9.61. The van der Waals surface area contributed by atoms with Crippen molar-refractivity contribution in [1.29, 1.82) is 0 Å². The number of rotatable bonds is 6. The molecular weight excluding hydrogens is 538 g/mol. The number of carbonyl (C=O) groups excluding carboxylic acids is 1. The highest BCUT2D eigenvalue weighted by molar-refractivity contribution is 7.89. The lowest BCUT2D eigenvalue weighted by molar-refractivity contribution is -0.385. The zero-order valence-electron chi connectivity index (χ0n) is 20.9. The highest BCUT2D eigenvalue weighted by Crippen LogP contribution is 2.44. The largest absolute Gasteiger partial charge is 0.378 e. The van der Waals surface area contributed by atoms with Gasteiger partial charge in [0.05, 0.1) is 34.3 Å². The first-order valence-corrected chi connectivity index (χ1v) is 13.3. The monoisotopic (exact) mass is 562 g/mol. The van der Waals surface area contributed by atoms with E-state index >= 15 is 0 Å². The third-order valence-corrected chi connectivity index (χ3v) is 8.86. The van der Waals surface area contributed by atoms with Gasteiger partial charge in [-0.25, -0.2) is 17.2 Å². The third kappa shape index (κ3) is 4.72. The van der Waals surface area contributed by atoms with Crippen LogP contribution in [0.15, 0.2) is 41.3 Å². The summed E-state index contributed by atoms with van der Waals surface area (Å²) in [5, 5.41) is 21.2. The molecule has 0 bridgehead atoms. The topological polar surface area (TPSA) is 151 Å². The molecule has 3 aromatic rings. The van der Waals surface area contributed by atoms with Gasteiger partial charge in [-0.15, -0.1) is 0 Å². The predicted octanol–water partition coefficient (Wildman–Crippen LogP) is 3.12. The van der Waals surface area contributed by atoms with Crippen LogP contribution in [0, 0.1) is 21.7 Å². The fraction of sp³-hybridized carbons (Fsp3) is 0.333. The smallest absolute Gasteiger partial charge is 0.284 e. The molecule has 5 rings (SSSR count). The van der Waals surface area contributed by atoms with Crippen molar-refractivity contribution >= 4 is 33.1 Å². The van der Waals surface area contributed by atoms with Gasteiger partial charge in [0.2, 0.25) is 10.0 Å². The first-order valence-electron chi connectivity index (χ1n) is 11.9. The number of nitro groups is 1. The van der Waals surface area contributed by atoms with E-state index in [2.05, 4.69) is 15.5 Å². The zero-order chi connectivity index (χ0) is 28.1. The highest BCUT2D eigenvalue weighted by atomic mass is 32.2. The minimum absolute atomic E-state index is 0.0160. The van der Waals surface area contributed by atoms with Crippen LogP contribution in [-0.2, 0) is 26.8 Å². The van der Waals surface area contributed by atoms with Crippen LogP contribution >= 0.6 is 0 Å². The van der Waals surface area contributed by atoms with Gasteiger partial charge in [0.25, 0.3) is 11.6 Å². The van der Waals surface area contributed by atoms with Gasteiger partial charge < -0.3 is 15.0 Å². The number of amides is 1. The highest BCUT2D eigenvalue weighted by Gasteiger charge is 2.48. The molecule has 0 radical (unpaired) electrons. The van der Waals surface area contributed by atoms with Crippen LogP contribution in [0.5, 0.6) is 0 Å². The molecule has 0 spiro atoms. The first kappa shape index (κ1) is 26.6. The Morgan fingerprint density at radius 1 is 1.15 bits per heavy atom. The maximum atomic E-state index is 13.8. The van der Waals surface area contributed by atoms with Gasteiger partial charge in [0.1, 0.15) is 17.2 Å². The molecule has 3 heterocycles. The number of hydrogen-bond donors (Lipinski definition) is 2. The molecular formula is C24H24F2N6O6S. The number of nitrogens with zero attached hydrogens (tertiary/aromatic N) is 4. The van der Waals surface area contributed by atoms with Gasteiger partial charge in [0, 0.05) is 43.0 Å². The summed E-state index contributed by atoms with van der Waals surface area (Å²) >= 11 is 0. The number of benzene rings is 2. The third-order valence-electron chi connectivity index (χ3n) is 6.86. The predicted molar refractivity (Wildman–Crippen MR) is 135 cm³/mol. The van der Waals surface area contributed by atoms with Crippen LogP contribution in [0.4, 0.5) is 26.0 Å². The number of H-pyrrole nitrogens is 1. The van der Waals surface area contributed by atoms with Crippen molar-refractivity contribution in [2.24, 2.45) is 0 Å². The molecule has 39 heavy (non-hydrogen) atoms. The molecule has 1 aromatic heterocycles. The van der Waals surface area contributed by atoms with Gasteiger partial charge in [-0.1, -0.05) is 0 Å². The summed E-state index contributed by atoms with van der Waals surface area (Å²) in [6.07, 6.45) is 0. The molecule has 1 amide bonds. The Kier molecular flexibility index (Phi) is 6.60. The molecule has 2 N–H and O–H groups in total. The standard InChI is InChI=1S/C24H24F2N6O6S/c1-24(2)21-19(13-31(24)39(36,37)17-10-14(25)9-15(26)11-17)22(29-28-21)27-23(33)18-4-3-16(12-20(18)32(34)35)30-5-7-38-8-6-30/h3-4,9-12H,5-8,13H2,1-2H3,(H2,27,28,29,33). The average molecular weight is 563 g/mol. The zero-order valence-corrected chi connectivity index (χ0v) is 21.7. The minimum Gasteiger partial charge on any atom is -0.378 e. The SMILES string of the molecule is CC1(C)c2[nH]nc(NC(=O)c3ccc(N4CCOCC4)cc3[N+](=O)[O-])c2CN1S(=O)(=O)c1cc(F)cc(F)c1. The molecule has 1 fully saturated rings. The number of hydrogen-bond acceptors (Lipinski definition) is 8. The van der Waals surface area contributed by atoms with E-state index < -0.39 is 48.6 Å². The fourth-order valence-corrected chi connectivity index (χ4v) is 6.61. The number of aromatic amines is 1. The van der Waals surface area contributed by atoms with E-state index in [1.165, 1.54) is 12.1 Å². The number of nitrogens with one attached hydrogen (secondary N) is 2. The minimum atomic E-state index is -4.37. The molecule has 2 aliphatic rings. The maximum absolute atomic E-state index is 13.8. The summed E-state index contributed by atoms with van der Waals surface area (Å²) in [7, 11) is -4.37. The summed E-state index contributed by atoms with van der Waals surface area (Å²) in [5.41, 5.74) is -0.568. The lowest BCUT2D eigenvalue weighted by Gasteiger charge is -2.30. The van der Waals surface area contributed by atoms with E-state index in [-0.39, 0.29) is 17.9 Å². The van der Waals surface area contributed by atoms with E-state index in [9.17, 15) is 32.1 Å². The van der Waals surface area contributed by atoms with Gasteiger partial charge in [-0.3, -0.25) is 20.0 Å². The maximum Gasteiger partial charge on any atom is 0.284 e. The molecule has 0 saturated carbocycles. The van der Waals surface area contributed by atoms with Crippen molar-refractivity contribution in [2.75, 3.05) is 36.5 Å². The Morgan fingerprint density at radius 2 is 1.82 bits per heavy atom. The summed E-state index contributed by atoms with van der Waals surface area (Å²) < 4.78 is 60.6. The molecule has 12 nitrogen and oxygen atoms in total. The van der Waals surface area contributed by atoms with E-state index in [4.69, 9.17) is 4.74 Å². The number of aromatic nitrogens is 2. The Hall–Kier alpha value is -3.95. The number of ether oxygens (including phenoxy) is 1. The molecule has 0 atom stereocenters. The van der Waals surface area contributed by atoms with Crippen molar-refractivity contribution in [3.8, 4) is 0 Å². The van der Waals surface area contributed by atoms with Crippen molar-refractivity contribution in [2.45, 2.75) is 30.8 Å². The second-order valence-corrected chi connectivity index (χ2v) is 11.5. The summed E-state index contributed by atoms with van der Waals surface area (Å²) in [6.45, 7) is 4.96. The van der Waals surface area contributed by atoms with Crippen molar-refractivity contribution < 1.29 is 31.7 Å². The molecule has 0 unspecified atom stereocenters.